The maximum atomic E-state index is 15.6. The van der Waals surface area contributed by atoms with Crippen molar-refractivity contribution < 1.29 is 18.4 Å². The highest BCUT2D eigenvalue weighted by molar-refractivity contribution is 6.02. The first kappa shape index (κ1) is 29.8. The number of carbonyl (C=O) groups is 2. The lowest BCUT2D eigenvalue weighted by Gasteiger charge is -2.39. The van der Waals surface area contributed by atoms with Crippen molar-refractivity contribution in [3.63, 3.8) is 0 Å². The Morgan fingerprint density at radius 2 is 1.68 bits per heavy atom. The van der Waals surface area contributed by atoms with Crippen LogP contribution in [0.25, 0.3) is 6.08 Å². The molecule has 6 nitrogen and oxygen atoms in total. The highest BCUT2D eigenvalue weighted by atomic mass is 19.1. The number of fused-ring (bicyclic) bond motifs is 1. The van der Waals surface area contributed by atoms with Crippen molar-refractivity contribution >= 4 is 29.1 Å². The van der Waals surface area contributed by atoms with E-state index in [2.05, 4.69) is 34.5 Å². The van der Waals surface area contributed by atoms with E-state index in [1.807, 2.05) is 66.1 Å². The number of amides is 1. The van der Waals surface area contributed by atoms with Crippen LogP contribution in [-0.2, 0) is 9.59 Å². The zero-order valence-corrected chi connectivity index (χ0v) is 25.2. The Hall–Kier alpha value is -4.30. The average molecular weight is 597 g/mol. The monoisotopic (exact) mass is 596 g/mol. The van der Waals surface area contributed by atoms with E-state index in [9.17, 15) is 14.0 Å². The van der Waals surface area contributed by atoms with E-state index >= 15 is 4.39 Å². The van der Waals surface area contributed by atoms with Gasteiger partial charge in [-0.15, -0.1) is 0 Å². The Kier molecular flexibility index (Phi) is 8.36. The van der Waals surface area contributed by atoms with Gasteiger partial charge < -0.3 is 15.1 Å². The van der Waals surface area contributed by atoms with E-state index in [1.54, 1.807) is 0 Å². The van der Waals surface area contributed by atoms with E-state index in [1.165, 1.54) is 12.1 Å². The molecule has 44 heavy (non-hydrogen) atoms. The average Bonchev–Trinajstić information content (AvgIpc) is 3.12. The van der Waals surface area contributed by atoms with Gasteiger partial charge in [0, 0.05) is 62.0 Å². The number of allylic oxidation sites excluding steroid dienone is 1. The summed E-state index contributed by atoms with van der Waals surface area (Å²) in [5.74, 6) is -1.63. The Labute approximate surface area is 257 Å². The van der Waals surface area contributed by atoms with Crippen molar-refractivity contribution in [3.05, 3.63) is 113 Å². The number of piperazine rings is 1. The van der Waals surface area contributed by atoms with Crippen molar-refractivity contribution in [2.45, 2.75) is 32.7 Å². The second kappa shape index (κ2) is 12.4. The molecule has 1 aliphatic carbocycles. The van der Waals surface area contributed by atoms with Gasteiger partial charge in [-0.3, -0.25) is 14.5 Å². The number of Topliss-reactive ketones (excluding diaryl/α,β-unsaturated/α-hetero) is 1. The molecule has 2 aliphatic heterocycles. The highest BCUT2D eigenvalue weighted by Gasteiger charge is 2.43. The van der Waals surface area contributed by atoms with E-state index < -0.39 is 17.7 Å². The molecule has 228 valence electrons. The second-order valence-corrected chi connectivity index (χ2v) is 12.7. The summed E-state index contributed by atoms with van der Waals surface area (Å²) >= 11 is 0. The number of nitrogens with one attached hydrogen (secondary N) is 1. The molecule has 6 rings (SSSR count). The number of halogens is 2. The van der Waals surface area contributed by atoms with Gasteiger partial charge in [-0.25, -0.2) is 8.78 Å². The molecule has 1 N–H and O–H groups in total. The molecule has 1 saturated heterocycles. The smallest absolute Gasteiger partial charge is 0.242 e. The van der Waals surface area contributed by atoms with Crippen molar-refractivity contribution in [2.24, 2.45) is 5.41 Å². The van der Waals surface area contributed by atoms with E-state index in [0.29, 0.717) is 37.2 Å². The SMILES string of the molecule is CC1(C)CC(=O)C2=C(C1)Nc1ccccc1N(CC(=O)N1CCN(C/C=C/c3ccccc3)CC1)C2c1ccc(F)cc1F. The van der Waals surface area contributed by atoms with Gasteiger partial charge >= 0.3 is 0 Å². The summed E-state index contributed by atoms with van der Waals surface area (Å²) in [6.07, 6.45) is 5.13. The topological polar surface area (TPSA) is 55.9 Å². The first-order valence-electron chi connectivity index (χ1n) is 15.2. The molecule has 0 radical (unpaired) electrons. The number of anilines is 2. The summed E-state index contributed by atoms with van der Waals surface area (Å²) in [6.45, 7) is 7.44. The van der Waals surface area contributed by atoms with Gasteiger partial charge in [-0.05, 0) is 35.6 Å². The third-order valence-electron chi connectivity index (χ3n) is 8.77. The van der Waals surface area contributed by atoms with E-state index in [4.69, 9.17) is 0 Å². The third-order valence-corrected chi connectivity index (χ3v) is 8.77. The van der Waals surface area contributed by atoms with Crippen LogP contribution in [-0.4, -0.2) is 60.8 Å². The molecule has 3 aromatic carbocycles. The Morgan fingerprint density at radius 3 is 2.43 bits per heavy atom. The van der Waals surface area contributed by atoms with Gasteiger partial charge in [0.2, 0.25) is 5.91 Å². The Morgan fingerprint density at radius 1 is 0.955 bits per heavy atom. The first-order chi connectivity index (χ1) is 21.2. The van der Waals surface area contributed by atoms with Crippen LogP contribution in [0.15, 0.2) is 90.1 Å². The van der Waals surface area contributed by atoms with Crippen molar-refractivity contribution in [3.8, 4) is 0 Å². The number of para-hydroxylation sites is 2. The van der Waals surface area contributed by atoms with Gasteiger partial charge in [0.25, 0.3) is 0 Å². The van der Waals surface area contributed by atoms with Gasteiger partial charge in [0.05, 0.1) is 24.0 Å². The molecule has 2 heterocycles. The molecule has 0 saturated carbocycles. The summed E-state index contributed by atoms with van der Waals surface area (Å²) < 4.78 is 29.7. The third kappa shape index (κ3) is 6.31. The largest absolute Gasteiger partial charge is 0.357 e. The van der Waals surface area contributed by atoms with Gasteiger partial charge in [-0.1, -0.05) is 74.5 Å². The van der Waals surface area contributed by atoms with Gasteiger partial charge in [-0.2, -0.15) is 0 Å². The highest BCUT2D eigenvalue weighted by Crippen LogP contribution is 2.48. The predicted octanol–water partition coefficient (Wildman–Crippen LogP) is 6.44. The molecular formula is C36H38F2N4O2. The molecule has 3 aliphatic rings. The van der Waals surface area contributed by atoms with E-state index in [-0.39, 0.29) is 29.2 Å². The molecule has 1 unspecified atom stereocenters. The molecule has 8 heteroatoms. The quantitative estimate of drug-likeness (QED) is 0.355. The number of nitrogens with zero attached hydrogens (tertiary/aromatic N) is 3. The minimum Gasteiger partial charge on any atom is -0.357 e. The molecular weight excluding hydrogens is 558 g/mol. The lowest BCUT2D eigenvalue weighted by atomic mass is 9.73. The lowest BCUT2D eigenvalue weighted by molar-refractivity contribution is -0.131. The Bertz CT molecular complexity index is 1610. The van der Waals surface area contributed by atoms with Crippen LogP contribution in [0.1, 0.15) is 43.9 Å². The van der Waals surface area contributed by atoms with Crippen LogP contribution in [0.2, 0.25) is 0 Å². The first-order valence-corrected chi connectivity index (χ1v) is 15.2. The van der Waals surface area contributed by atoms with Crippen molar-refractivity contribution in [2.75, 3.05) is 49.5 Å². The molecule has 3 aromatic rings. The van der Waals surface area contributed by atoms with Gasteiger partial charge in [0.15, 0.2) is 5.78 Å². The van der Waals surface area contributed by atoms with Crippen molar-refractivity contribution in [1.29, 1.82) is 0 Å². The second-order valence-electron chi connectivity index (χ2n) is 12.7. The fraction of sp³-hybridized carbons (Fsp3) is 0.333. The predicted molar refractivity (Wildman–Crippen MR) is 170 cm³/mol. The molecule has 0 bridgehead atoms. The summed E-state index contributed by atoms with van der Waals surface area (Å²) in [5.41, 5.74) is 3.64. The van der Waals surface area contributed by atoms with Crippen LogP contribution in [0.3, 0.4) is 0 Å². The minimum atomic E-state index is -0.890. The number of ketones is 1. The summed E-state index contributed by atoms with van der Waals surface area (Å²) in [6, 6.07) is 20.3. The molecule has 0 spiro atoms. The summed E-state index contributed by atoms with van der Waals surface area (Å²) in [4.78, 5) is 33.7. The maximum Gasteiger partial charge on any atom is 0.242 e. The molecule has 0 aromatic heterocycles. The van der Waals surface area contributed by atoms with Crippen LogP contribution in [0.5, 0.6) is 0 Å². The number of hydrogen-bond donors (Lipinski definition) is 1. The van der Waals surface area contributed by atoms with Crippen LogP contribution in [0, 0.1) is 17.0 Å². The van der Waals surface area contributed by atoms with Gasteiger partial charge in [0.1, 0.15) is 11.6 Å². The fourth-order valence-electron chi connectivity index (χ4n) is 6.60. The zero-order valence-electron chi connectivity index (χ0n) is 25.2. The zero-order chi connectivity index (χ0) is 30.8. The molecule has 1 atom stereocenters. The van der Waals surface area contributed by atoms with Crippen molar-refractivity contribution in [1.82, 2.24) is 9.80 Å². The summed E-state index contributed by atoms with van der Waals surface area (Å²) in [7, 11) is 0. The lowest BCUT2D eigenvalue weighted by Crippen LogP contribution is -2.51. The molecule has 1 amide bonds. The molecule has 1 fully saturated rings. The normalized spacial score (nSPS) is 20.3. The Balaban J connectivity index is 1.28. The summed E-state index contributed by atoms with van der Waals surface area (Å²) in [5, 5.41) is 3.48. The van der Waals surface area contributed by atoms with E-state index in [0.717, 1.165) is 42.6 Å². The number of carbonyl (C=O) groups excluding carboxylic acids is 2. The number of rotatable bonds is 6. The fourth-order valence-corrected chi connectivity index (χ4v) is 6.60. The number of benzene rings is 3. The van der Waals surface area contributed by atoms with Crippen LogP contribution in [0.4, 0.5) is 20.2 Å². The van der Waals surface area contributed by atoms with Crippen LogP contribution < -0.4 is 10.2 Å². The standard InChI is InChI=1S/C36H38F2N4O2/c1-36(2)22-30-34(32(43)23-36)35(27-15-14-26(37)21-28(27)38)42(31-13-7-6-12-29(31)39-30)24-33(44)41-19-17-40(18-20-41)16-8-11-25-9-4-3-5-10-25/h3-15,21,35,39H,16-20,22-24H2,1-2H3/b11-8+. The maximum absolute atomic E-state index is 15.6. The minimum absolute atomic E-state index is 0.0540. The van der Waals surface area contributed by atoms with Crippen LogP contribution >= 0.6 is 0 Å². The number of hydrogen-bond acceptors (Lipinski definition) is 5.